The average molecular weight is 729 g/mol. The number of alkyl halides is 4. The lowest BCUT2D eigenvalue weighted by molar-refractivity contribution is -0.137. The molecule has 7 N–H and O–H groups in total. The van der Waals surface area contributed by atoms with Crippen LogP contribution < -0.4 is 22.9 Å². The maximum Gasteiger partial charge on any atom is 0.416 e. The molecular weight excluding hydrogens is 681 g/mol. The fourth-order valence-corrected chi connectivity index (χ4v) is 7.70. The van der Waals surface area contributed by atoms with Crippen molar-refractivity contribution in [3.05, 3.63) is 75.8 Å². The summed E-state index contributed by atoms with van der Waals surface area (Å²) in [6.07, 6.45) is 5.13. The molecular formula is C37H48F4N8OS. The van der Waals surface area contributed by atoms with Crippen molar-refractivity contribution in [1.29, 1.82) is 0 Å². The Hall–Kier alpha value is -3.72. The smallest absolute Gasteiger partial charge is 0.386 e. The first-order valence-corrected chi connectivity index (χ1v) is 18.7. The normalized spacial score (nSPS) is 18.1. The number of rotatable bonds is 15. The fraction of sp³-hybridized carbons (Fsp3) is 0.486. The van der Waals surface area contributed by atoms with Crippen LogP contribution in [-0.2, 0) is 12.6 Å². The Morgan fingerprint density at radius 1 is 1.16 bits per heavy atom. The minimum Gasteiger partial charge on any atom is -0.386 e. The number of halogens is 4. The summed E-state index contributed by atoms with van der Waals surface area (Å²) in [5.41, 5.74) is 19.4. The number of hydrogen-bond acceptors (Lipinski definition) is 7. The largest absolute Gasteiger partial charge is 0.416 e. The SMILES string of the molecule is CSc1cc(-n2cc3cc(-c4cc(CCC[C@H](C)N)cc(C(F)(F)F)c4)[nH]c3nc2=O)ccc1[C@@H]1CCC[C@@H](CCN=C(N)CN)N1CCCF. The van der Waals surface area contributed by atoms with Crippen molar-refractivity contribution >= 4 is 28.6 Å². The number of fused-ring (bicyclic) bond motifs is 1. The second kappa shape index (κ2) is 17.2. The number of hydrogen-bond donors (Lipinski definition) is 4. The summed E-state index contributed by atoms with van der Waals surface area (Å²) >= 11 is 1.58. The number of nitrogens with zero attached hydrogens (tertiary/aromatic N) is 4. The number of H-pyrrole nitrogens is 1. The van der Waals surface area contributed by atoms with Gasteiger partial charge in [0, 0.05) is 53.4 Å². The van der Waals surface area contributed by atoms with Crippen molar-refractivity contribution in [3.63, 3.8) is 0 Å². The van der Waals surface area contributed by atoms with Gasteiger partial charge in [-0.2, -0.15) is 18.2 Å². The second-order valence-electron chi connectivity index (χ2n) is 13.3. The van der Waals surface area contributed by atoms with Crippen molar-refractivity contribution in [2.24, 2.45) is 22.2 Å². The Balaban J connectivity index is 1.46. The highest BCUT2D eigenvalue weighted by atomic mass is 32.2. The van der Waals surface area contributed by atoms with E-state index in [2.05, 4.69) is 19.9 Å². The van der Waals surface area contributed by atoms with Crippen LogP contribution >= 0.6 is 11.8 Å². The maximum absolute atomic E-state index is 13.9. The average Bonchev–Trinajstić information content (AvgIpc) is 3.52. The molecule has 0 aliphatic carbocycles. The topological polar surface area (TPSA) is 144 Å². The summed E-state index contributed by atoms with van der Waals surface area (Å²) in [5.74, 6) is 0.422. The molecule has 9 nitrogen and oxygen atoms in total. The Bertz CT molecular complexity index is 1870. The lowest BCUT2D eigenvalue weighted by atomic mass is 9.89. The lowest BCUT2D eigenvalue weighted by Crippen LogP contribution is -2.43. The van der Waals surface area contributed by atoms with Gasteiger partial charge < -0.3 is 22.2 Å². The third-order valence-corrected chi connectivity index (χ3v) is 10.3. The molecule has 0 spiro atoms. The van der Waals surface area contributed by atoms with Gasteiger partial charge in [-0.15, -0.1) is 11.8 Å². The Labute approximate surface area is 300 Å². The lowest BCUT2D eigenvalue weighted by Gasteiger charge is -2.43. The predicted octanol–water partition coefficient (Wildman–Crippen LogP) is 6.75. The van der Waals surface area contributed by atoms with Crippen LogP contribution in [0.2, 0.25) is 0 Å². The number of aromatic amines is 1. The molecule has 2 aromatic carbocycles. The standard InChI is InChI=1S/C37H48F4N8OS/c1-23(43)6-3-7-24-16-25(18-27(17-24)37(39,40)41)31-19-26-22-49(36(50)47-35(26)46-31)29-10-11-30(33(20-29)51-2)32-9-4-8-28(48(32)15-5-13-38)12-14-45-34(44)21-42/h10-11,16-20,22-23,28,32H,3-9,12-15,21,42-43H2,1-2H3,(H2,44,45)(H,46,47,50)/t23-,28-,32-/m0/s1. The number of aliphatic imine (C=N–C) groups is 1. The van der Waals surface area contributed by atoms with E-state index in [0.29, 0.717) is 72.5 Å². The number of nitrogens with two attached hydrogens (primary N) is 3. The summed E-state index contributed by atoms with van der Waals surface area (Å²) in [7, 11) is 0. The van der Waals surface area contributed by atoms with E-state index in [1.165, 1.54) is 10.6 Å². The van der Waals surface area contributed by atoms with Gasteiger partial charge in [0.25, 0.3) is 0 Å². The number of amidine groups is 1. The van der Waals surface area contributed by atoms with Gasteiger partial charge in [0.05, 0.1) is 24.5 Å². The number of aromatic nitrogens is 3. The highest BCUT2D eigenvalue weighted by Crippen LogP contribution is 2.40. The Morgan fingerprint density at radius 3 is 2.67 bits per heavy atom. The fourth-order valence-electron chi connectivity index (χ4n) is 7.02. The number of likely N-dealkylation sites (tertiary alicyclic amines) is 1. The summed E-state index contributed by atoms with van der Waals surface area (Å²) < 4.78 is 56.5. The molecule has 5 rings (SSSR count). The van der Waals surface area contributed by atoms with E-state index >= 15 is 0 Å². The first kappa shape index (κ1) is 38.5. The zero-order valence-corrected chi connectivity index (χ0v) is 30.0. The van der Waals surface area contributed by atoms with Crippen LogP contribution in [0.5, 0.6) is 0 Å². The molecule has 51 heavy (non-hydrogen) atoms. The Kier molecular flexibility index (Phi) is 13.0. The van der Waals surface area contributed by atoms with E-state index in [1.54, 1.807) is 30.1 Å². The second-order valence-corrected chi connectivity index (χ2v) is 14.2. The molecule has 1 fully saturated rings. The molecule has 1 aliphatic heterocycles. The molecule has 3 atom stereocenters. The van der Waals surface area contributed by atoms with Crippen LogP contribution in [0.1, 0.15) is 74.6 Å². The van der Waals surface area contributed by atoms with Crippen molar-refractivity contribution in [1.82, 2.24) is 19.4 Å². The van der Waals surface area contributed by atoms with Gasteiger partial charge in [0.1, 0.15) is 11.5 Å². The van der Waals surface area contributed by atoms with Crippen LogP contribution in [0.4, 0.5) is 17.6 Å². The molecule has 0 saturated carbocycles. The predicted molar refractivity (Wildman–Crippen MR) is 198 cm³/mol. The molecule has 14 heteroatoms. The van der Waals surface area contributed by atoms with E-state index in [-0.39, 0.29) is 30.3 Å². The molecule has 1 saturated heterocycles. The van der Waals surface area contributed by atoms with Crippen molar-refractivity contribution < 1.29 is 17.6 Å². The maximum atomic E-state index is 13.9. The van der Waals surface area contributed by atoms with Crippen LogP contribution in [0.15, 0.2) is 63.3 Å². The van der Waals surface area contributed by atoms with Crippen molar-refractivity contribution in [2.75, 3.05) is 32.6 Å². The number of aryl methyl sites for hydroxylation is 1. The van der Waals surface area contributed by atoms with E-state index < -0.39 is 24.1 Å². The van der Waals surface area contributed by atoms with Gasteiger partial charge in [0.15, 0.2) is 0 Å². The molecule has 0 radical (unpaired) electrons. The zero-order valence-electron chi connectivity index (χ0n) is 29.2. The van der Waals surface area contributed by atoms with Gasteiger partial charge in [-0.1, -0.05) is 6.07 Å². The van der Waals surface area contributed by atoms with E-state index in [9.17, 15) is 22.4 Å². The molecule has 0 amide bonds. The Morgan fingerprint density at radius 2 is 1.96 bits per heavy atom. The van der Waals surface area contributed by atoms with Gasteiger partial charge in [0.2, 0.25) is 0 Å². The van der Waals surface area contributed by atoms with E-state index in [0.717, 1.165) is 42.2 Å². The minimum atomic E-state index is -4.51. The first-order valence-electron chi connectivity index (χ1n) is 17.5. The third kappa shape index (κ3) is 9.59. The molecule has 3 heterocycles. The first-order chi connectivity index (χ1) is 24.4. The molecule has 1 aliphatic rings. The van der Waals surface area contributed by atoms with Gasteiger partial charge in [-0.05, 0) is 118 Å². The molecule has 0 unspecified atom stereocenters. The van der Waals surface area contributed by atoms with Crippen LogP contribution in [0.3, 0.4) is 0 Å². The van der Waals surface area contributed by atoms with E-state index in [1.807, 2.05) is 31.4 Å². The van der Waals surface area contributed by atoms with Crippen molar-refractivity contribution in [3.8, 4) is 16.9 Å². The highest BCUT2D eigenvalue weighted by molar-refractivity contribution is 7.98. The van der Waals surface area contributed by atoms with Crippen LogP contribution in [0.25, 0.3) is 28.0 Å². The molecule has 2 aromatic heterocycles. The van der Waals surface area contributed by atoms with E-state index in [4.69, 9.17) is 17.2 Å². The summed E-state index contributed by atoms with van der Waals surface area (Å²) in [5, 5.41) is 0.584. The van der Waals surface area contributed by atoms with Crippen LogP contribution in [0, 0.1) is 0 Å². The number of piperidine rings is 1. The summed E-state index contributed by atoms with van der Waals surface area (Å²) in [6, 6.07) is 11.9. The van der Waals surface area contributed by atoms with Crippen LogP contribution in [-0.4, -0.2) is 69.9 Å². The highest BCUT2D eigenvalue weighted by Gasteiger charge is 2.33. The number of benzene rings is 2. The van der Waals surface area contributed by atoms with Gasteiger partial charge in [-0.3, -0.25) is 18.8 Å². The zero-order chi connectivity index (χ0) is 36.7. The van der Waals surface area contributed by atoms with Gasteiger partial charge in [-0.25, -0.2) is 4.79 Å². The van der Waals surface area contributed by atoms with Crippen molar-refractivity contribution in [2.45, 2.75) is 87.5 Å². The molecule has 0 bridgehead atoms. The molecule has 4 aromatic rings. The number of nitrogens with one attached hydrogen (secondary N) is 1. The summed E-state index contributed by atoms with van der Waals surface area (Å²) in [4.78, 5) is 28.5. The third-order valence-electron chi connectivity index (χ3n) is 9.54. The minimum absolute atomic E-state index is 0.0362. The summed E-state index contributed by atoms with van der Waals surface area (Å²) in [6.45, 7) is 2.87. The van der Waals surface area contributed by atoms with Gasteiger partial charge >= 0.3 is 11.9 Å². The molecule has 276 valence electrons. The number of thioether (sulfide) groups is 1. The quantitative estimate of drug-likeness (QED) is 0.0459. The monoisotopic (exact) mass is 728 g/mol.